The van der Waals surface area contributed by atoms with Crippen LogP contribution in [0.1, 0.15) is 25.3 Å². The lowest BCUT2D eigenvalue weighted by atomic mass is 10.1. The fourth-order valence-corrected chi connectivity index (χ4v) is 3.18. The molecule has 7 heteroatoms. The first-order chi connectivity index (χ1) is 11.7. The molecule has 1 saturated heterocycles. The molecule has 0 spiro atoms. The van der Waals surface area contributed by atoms with Crippen molar-refractivity contribution in [2.24, 2.45) is 0 Å². The maximum absolute atomic E-state index is 11.9. The summed E-state index contributed by atoms with van der Waals surface area (Å²) in [6, 6.07) is 8.23. The molecule has 0 unspecified atom stereocenters. The second kappa shape index (κ2) is 8.30. The van der Waals surface area contributed by atoms with Gasteiger partial charge in [0.2, 0.25) is 11.1 Å². The Kier molecular flexibility index (Phi) is 5.87. The summed E-state index contributed by atoms with van der Waals surface area (Å²) >= 11 is 1.33. The van der Waals surface area contributed by atoms with E-state index in [9.17, 15) is 4.79 Å². The second-order valence-corrected chi connectivity index (χ2v) is 6.69. The van der Waals surface area contributed by atoms with Gasteiger partial charge in [0.25, 0.3) is 0 Å². The van der Waals surface area contributed by atoms with E-state index in [-0.39, 0.29) is 12.0 Å². The highest BCUT2D eigenvalue weighted by atomic mass is 32.2. The largest absolute Gasteiger partial charge is 0.376 e. The van der Waals surface area contributed by atoms with Gasteiger partial charge in [-0.2, -0.15) is 0 Å². The van der Waals surface area contributed by atoms with E-state index in [2.05, 4.69) is 39.6 Å². The van der Waals surface area contributed by atoms with E-state index >= 15 is 0 Å². The average Bonchev–Trinajstić information content (AvgIpc) is 3.30. The Morgan fingerprint density at radius 2 is 2.25 bits per heavy atom. The number of aryl methyl sites for hydroxylation is 1. The molecule has 1 aliphatic heterocycles. The zero-order valence-electron chi connectivity index (χ0n) is 13.7. The molecule has 1 amide bonds. The number of nitrogens with one attached hydrogen (secondary N) is 2. The van der Waals surface area contributed by atoms with Gasteiger partial charge in [0.1, 0.15) is 0 Å². The molecule has 1 aromatic carbocycles. The molecular weight excluding hydrogens is 324 g/mol. The topological polar surface area (TPSA) is 79.9 Å². The minimum atomic E-state index is -0.0193. The quantitative estimate of drug-likeness (QED) is 0.753. The van der Waals surface area contributed by atoms with Crippen molar-refractivity contribution in [2.45, 2.75) is 37.4 Å². The molecule has 6 nitrogen and oxygen atoms in total. The van der Waals surface area contributed by atoms with Gasteiger partial charge in [0.05, 0.1) is 11.9 Å². The van der Waals surface area contributed by atoms with Crippen LogP contribution < -0.4 is 5.32 Å². The van der Waals surface area contributed by atoms with Crippen LogP contribution in [0.4, 0.5) is 0 Å². The molecule has 1 aromatic heterocycles. The Hall–Kier alpha value is -1.86. The summed E-state index contributed by atoms with van der Waals surface area (Å²) < 4.78 is 5.48. The van der Waals surface area contributed by atoms with Crippen LogP contribution >= 0.6 is 11.8 Å². The summed E-state index contributed by atoms with van der Waals surface area (Å²) in [7, 11) is 0. The van der Waals surface area contributed by atoms with Crippen molar-refractivity contribution in [3.63, 3.8) is 0 Å². The SMILES string of the molecule is CCc1ccc(-c2nc(SCC(=O)NC[C@@H]3CCCO3)n[nH]2)cc1. The van der Waals surface area contributed by atoms with E-state index in [1.807, 2.05) is 12.1 Å². The Balaban J connectivity index is 1.47. The number of ether oxygens (including phenoxy) is 1. The third-order valence-electron chi connectivity index (χ3n) is 3.98. The van der Waals surface area contributed by atoms with Crippen molar-refractivity contribution in [2.75, 3.05) is 18.9 Å². The van der Waals surface area contributed by atoms with Crippen LogP contribution in [-0.2, 0) is 16.0 Å². The first-order valence-corrected chi connectivity index (χ1v) is 9.26. The van der Waals surface area contributed by atoms with Gasteiger partial charge in [0, 0.05) is 18.7 Å². The number of carbonyl (C=O) groups excluding carboxylic acids is 1. The van der Waals surface area contributed by atoms with Crippen LogP contribution in [0.2, 0.25) is 0 Å². The van der Waals surface area contributed by atoms with Gasteiger partial charge < -0.3 is 10.1 Å². The zero-order valence-corrected chi connectivity index (χ0v) is 14.6. The van der Waals surface area contributed by atoms with E-state index < -0.39 is 0 Å². The lowest BCUT2D eigenvalue weighted by molar-refractivity contribution is -0.119. The molecule has 2 N–H and O–H groups in total. The first kappa shape index (κ1) is 17.0. The Morgan fingerprint density at radius 1 is 1.42 bits per heavy atom. The highest BCUT2D eigenvalue weighted by molar-refractivity contribution is 7.99. The molecule has 2 aromatic rings. The lowest BCUT2D eigenvalue weighted by Gasteiger charge is -2.09. The predicted octanol–water partition coefficient (Wildman–Crippen LogP) is 2.42. The van der Waals surface area contributed by atoms with Crippen molar-refractivity contribution in [1.82, 2.24) is 20.5 Å². The van der Waals surface area contributed by atoms with Gasteiger partial charge >= 0.3 is 0 Å². The van der Waals surface area contributed by atoms with E-state index in [1.165, 1.54) is 17.3 Å². The minimum absolute atomic E-state index is 0.0193. The van der Waals surface area contributed by atoms with Gasteiger partial charge in [-0.25, -0.2) is 4.98 Å². The van der Waals surface area contributed by atoms with Crippen LogP contribution in [0.25, 0.3) is 11.4 Å². The normalized spacial score (nSPS) is 17.1. The summed E-state index contributed by atoms with van der Waals surface area (Å²) in [5, 5.41) is 10.6. The third kappa shape index (κ3) is 4.58. The molecule has 24 heavy (non-hydrogen) atoms. The van der Waals surface area contributed by atoms with Gasteiger partial charge in [-0.1, -0.05) is 43.0 Å². The van der Waals surface area contributed by atoms with Crippen LogP contribution in [0.5, 0.6) is 0 Å². The number of rotatable bonds is 7. The van der Waals surface area contributed by atoms with Crippen LogP contribution in [0, 0.1) is 0 Å². The molecule has 1 fully saturated rings. The van der Waals surface area contributed by atoms with Crippen LogP contribution in [-0.4, -0.2) is 46.1 Å². The number of benzene rings is 1. The molecule has 128 valence electrons. The molecule has 0 aliphatic carbocycles. The molecule has 1 aliphatic rings. The molecule has 2 heterocycles. The van der Waals surface area contributed by atoms with Crippen molar-refractivity contribution in [3.05, 3.63) is 29.8 Å². The van der Waals surface area contributed by atoms with E-state index in [0.717, 1.165) is 37.3 Å². The monoisotopic (exact) mass is 346 g/mol. The van der Waals surface area contributed by atoms with Crippen molar-refractivity contribution < 1.29 is 9.53 Å². The molecule has 0 bridgehead atoms. The second-order valence-electron chi connectivity index (χ2n) is 5.74. The fraction of sp³-hybridized carbons (Fsp3) is 0.471. The fourth-order valence-electron chi connectivity index (χ4n) is 2.55. The van der Waals surface area contributed by atoms with E-state index in [1.54, 1.807) is 0 Å². The number of aromatic amines is 1. The number of H-pyrrole nitrogens is 1. The standard InChI is InChI=1S/C17H22N4O2S/c1-2-12-5-7-13(8-6-12)16-19-17(21-20-16)24-11-15(22)18-10-14-4-3-9-23-14/h5-8,14H,2-4,9-11H2,1H3,(H,18,22)(H,19,20,21)/t14-/m0/s1. The third-order valence-corrected chi connectivity index (χ3v) is 4.83. The molecule has 0 radical (unpaired) electrons. The average molecular weight is 346 g/mol. The summed E-state index contributed by atoms with van der Waals surface area (Å²) in [6.07, 6.45) is 3.28. The molecule has 0 saturated carbocycles. The number of hydrogen-bond donors (Lipinski definition) is 2. The number of nitrogens with zero attached hydrogens (tertiary/aromatic N) is 2. The van der Waals surface area contributed by atoms with Gasteiger partial charge in [-0.05, 0) is 24.8 Å². The lowest BCUT2D eigenvalue weighted by Crippen LogP contribution is -2.32. The van der Waals surface area contributed by atoms with Crippen LogP contribution in [0.15, 0.2) is 29.4 Å². The number of carbonyl (C=O) groups is 1. The maximum atomic E-state index is 11.9. The van der Waals surface area contributed by atoms with Crippen molar-refractivity contribution in [1.29, 1.82) is 0 Å². The number of hydrogen-bond acceptors (Lipinski definition) is 5. The number of amides is 1. The van der Waals surface area contributed by atoms with E-state index in [0.29, 0.717) is 17.5 Å². The Bertz CT molecular complexity index is 665. The van der Waals surface area contributed by atoms with E-state index in [4.69, 9.17) is 4.74 Å². The summed E-state index contributed by atoms with van der Waals surface area (Å²) in [5.41, 5.74) is 2.28. The maximum Gasteiger partial charge on any atom is 0.230 e. The zero-order chi connectivity index (χ0) is 16.8. The number of thioether (sulfide) groups is 1. The predicted molar refractivity (Wildman–Crippen MR) is 93.9 cm³/mol. The molecular formula is C17H22N4O2S. The summed E-state index contributed by atoms with van der Waals surface area (Å²) in [4.78, 5) is 16.3. The Morgan fingerprint density at radius 3 is 2.96 bits per heavy atom. The Labute approximate surface area is 145 Å². The van der Waals surface area contributed by atoms with Gasteiger partial charge in [-0.15, -0.1) is 5.10 Å². The number of aromatic nitrogens is 3. The summed E-state index contributed by atoms with van der Waals surface area (Å²) in [6.45, 7) is 3.51. The molecule has 3 rings (SSSR count). The van der Waals surface area contributed by atoms with Crippen molar-refractivity contribution >= 4 is 17.7 Å². The summed E-state index contributed by atoms with van der Waals surface area (Å²) in [5.74, 6) is 1.01. The smallest absolute Gasteiger partial charge is 0.230 e. The highest BCUT2D eigenvalue weighted by Crippen LogP contribution is 2.19. The molecule has 1 atom stereocenters. The van der Waals surface area contributed by atoms with Gasteiger partial charge in [-0.3, -0.25) is 9.89 Å². The van der Waals surface area contributed by atoms with Gasteiger partial charge in [0.15, 0.2) is 5.82 Å². The highest BCUT2D eigenvalue weighted by Gasteiger charge is 2.16. The van der Waals surface area contributed by atoms with Crippen LogP contribution in [0.3, 0.4) is 0 Å². The van der Waals surface area contributed by atoms with Crippen molar-refractivity contribution in [3.8, 4) is 11.4 Å². The minimum Gasteiger partial charge on any atom is -0.376 e. The first-order valence-electron chi connectivity index (χ1n) is 8.27.